The predicted octanol–water partition coefficient (Wildman–Crippen LogP) is 5.30. The topological polar surface area (TPSA) is 80.3 Å². The van der Waals surface area contributed by atoms with Gasteiger partial charge in [0.1, 0.15) is 5.82 Å². The number of carbonyl (C=O) groups excluding carboxylic acids is 2. The molecule has 1 aliphatic heterocycles. The molecule has 0 saturated carbocycles. The van der Waals surface area contributed by atoms with Crippen molar-refractivity contribution in [1.82, 2.24) is 10.3 Å². The van der Waals surface area contributed by atoms with Crippen molar-refractivity contribution < 1.29 is 27.5 Å². The molecule has 1 unspecified atom stereocenters. The third kappa shape index (κ3) is 5.91. The number of halogens is 4. The van der Waals surface area contributed by atoms with Gasteiger partial charge in [0.05, 0.1) is 34.9 Å². The van der Waals surface area contributed by atoms with E-state index in [-0.39, 0.29) is 46.7 Å². The smallest absolute Gasteiger partial charge is 0.416 e. The molecule has 2 N–H and O–H groups in total. The summed E-state index contributed by atoms with van der Waals surface area (Å²) in [5.74, 6) is -0.380. The second-order valence-corrected chi connectivity index (χ2v) is 8.33. The number of alkyl halides is 3. The summed E-state index contributed by atoms with van der Waals surface area (Å²) in [5.41, 5.74) is 0.256. The average Bonchev–Trinajstić information content (AvgIpc) is 2.72. The van der Waals surface area contributed by atoms with Crippen LogP contribution in [0.2, 0.25) is 5.02 Å². The zero-order valence-corrected chi connectivity index (χ0v) is 18.3. The second kappa shape index (κ2) is 9.77. The Bertz CT molecular complexity index is 1010. The SMILES string of the molecule is CC(C)c1cc(Nc2cc(C(F)(F)F)ccc2Cl)ncc1C(=O)NCC1CCOC(=O)C1. The van der Waals surface area contributed by atoms with Gasteiger partial charge < -0.3 is 15.4 Å². The van der Waals surface area contributed by atoms with Crippen molar-refractivity contribution in [2.75, 3.05) is 18.5 Å². The van der Waals surface area contributed by atoms with E-state index in [1.165, 1.54) is 12.3 Å². The summed E-state index contributed by atoms with van der Waals surface area (Å²) in [5, 5.41) is 5.75. The number of nitrogens with one attached hydrogen (secondary N) is 2. The van der Waals surface area contributed by atoms with Crippen LogP contribution in [0.25, 0.3) is 0 Å². The van der Waals surface area contributed by atoms with Gasteiger partial charge in [-0.1, -0.05) is 25.4 Å². The monoisotopic (exact) mass is 469 g/mol. The highest BCUT2D eigenvalue weighted by Gasteiger charge is 2.31. The summed E-state index contributed by atoms with van der Waals surface area (Å²) in [6.07, 6.45) is -2.18. The Morgan fingerprint density at radius 2 is 2.06 bits per heavy atom. The Hall–Kier alpha value is -2.81. The van der Waals surface area contributed by atoms with E-state index >= 15 is 0 Å². The number of pyridine rings is 1. The van der Waals surface area contributed by atoms with Gasteiger partial charge in [-0.3, -0.25) is 9.59 Å². The molecule has 1 aromatic carbocycles. The summed E-state index contributed by atoms with van der Waals surface area (Å²) in [6.45, 7) is 4.47. The number of rotatable bonds is 6. The quantitative estimate of drug-likeness (QED) is 0.561. The van der Waals surface area contributed by atoms with E-state index < -0.39 is 11.7 Å². The molecule has 0 aliphatic carbocycles. The van der Waals surface area contributed by atoms with Crippen molar-refractivity contribution in [2.45, 2.75) is 38.8 Å². The lowest BCUT2D eigenvalue weighted by Gasteiger charge is -2.22. The minimum atomic E-state index is -4.51. The molecule has 3 rings (SSSR count). The fraction of sp³-hybridized carbons (Fsp3) is 0.409. The number of aromatic nitrogens is 1. The van der Waals surface area contributed by atoms with Crippen molar-refractivity contribution in [3.8, 4) is 0 Å². The Morgan fingerprint density at radius 3 is 2.72 bits per heavy atom. The zero-order chi connectivity index (χ0) is 23.5. The van der Waals surface area contributed by atoms with E-state index in [4.69, 9.17) is 16.3 Å². The second-order valence-electron chi connectivity index (χ2n) is 7.92. The van der Waals surface area contributed by atoms with E-state index in [1.807, 2.05) is 13.8 Å². The van der Waals surface area contributed by atoms with Crippen LogP contribution in [0.3, 0.4) is 0 Å². The third-order valence-electron chi connectivity index (χ3n) is 5.15. The highest BCUT2D eigenvalue weighted by molar-refractivity contribution is 6.33. The van der Waals surface area contributed by atoms with Crippen molar-refractivity contribution in [3.63, 3.8) is 0 Å². The molecular weight excluding hydrogens is 447 g/mol. The largest absolute Gasteiger partial charge is 0.466 e. The van der Waals surface area contributed by atoms with Gasteiger partial charge in [0.15, 0.2) is 0 Å². The van der Waals surface area contributed by atoms with Gasteiger partial charge in [-0.25, -0.2) is 4.98 Å². The predicted molar refractivity (Wildman–Crippen MR) is 114 cm³/mol. The van der Waals surface area contributed by atoms with Crippen molar-refractivity contribution >= 4 is 35.0 Å². The van der Waals surface area contributed by atoms with Crippen LogP contribution in [0.4, 0.5) is 24.7 Å². The molecule has 2 aromatic rings. The molecule has 1 aromatic heterocycles. The molecule has 0 radical (unpaired) electrons. The highest BCUT2D eigenvalue weighted by Crippen LogP contribution is 2.35. The Labute approximate surface area is 188 Å². The zero-order valence-electron chi connectivity index (χ0n) is 17.6. The number of carbonyl (C=O) groups is 2. The summed E-state index contributed by atoms with van der Waals surface area (Å²) in [4.78, 5) is 28.3. The molecule has 1 saturated heterocycles. The number of nitrogens with zero attached hydrogens (tertiary/aromatic N) is 1. The lowest BCUT2D eigenvalue weighted by atomic mass is 9.97. The number of hydrogen-bond acceptors (Lipinski definition) is 5. The molecule has 2 heterocycles. The highest BCUT2D eigenvalue weighted by atomic mass is 35.5. The molecule has 1 aliphatic rings. The van der Waals surface area contributed by atoms with Gasteiger partial charge in [-0.15, -0.1) is 0 Å². The average molecular weight is 470 g/mol. The molecule has 1 atom stereocenters. The van der Waals surface area contributed by atoms with Crippen LogP contribution < -0.4 is 10.6 Å². The van der Waals surface area contributed by atoms with Gasteiger partial charge >= 0.3 is 12.1 Å². The molecule has 1 fully saturated rings. The first-order valence-electron chi connectivity index (χ1n) is 10.1. The molecule has 1 amide bonds. The van der Waals surface area contributed by atoms with Crippen LogP contribution in [0.1, 0.15) is 54.1 Å². The number of hydrogen-bond donors (Lipinski definition) is 2. The fourth-order valence-corrected chi connectivity index (χ4v) is 3.55. The lowest BCUT2D eigenvalue weighted by molar-refractivity contribution is -0.149. The molecule has 0 spiro atoms. The van der Waals surface area contributed by atoms with Crippen molar-refractivity contribution in [1.29, 1.82) is 0 Å². The first-order chi connectivity index (χ1) is 15.0. The number of cyclic esters (lactones) is 1. The minimum Gasteiger partial charge on any atom is -0.466 e. The number of benzene rings is 1. The standard InChI is InChI=1S/C22H23ClF3N3O3/c1-12(2)15-9-19(29-18-8-14(22(24,25)26)3-4-17(18)23)27-11-16(15)21(31)28-10-13-5-6-32-20(30)7-13/h3-4,8-9,11-13H,5-7,10H2,1-2H3,(H,27,29)(H,28,31). The maximum Gasteiger partial charge on any atom is 0.416 e. The summed E-state index contributed by atoms with van der Waals surface area (Å²) in [7, 11) is 0. The van der Waals surface area contributed by atoms with Gasteiger partial charge in [0, 0.05) is 12.7 Å². The van der Waals surface area contributed by atoms with Crippen LogP contribution in [0.15, 0.2) is 30.5 Å². The number of esters is 1. The van der Waals surface area contributed by atoms with E-state index in [9.17, 15) is 22.8 Å². The Balaban J connectivity index is 1.77. The van der Waals surface area contributed by atoms with E-state index in [0.717, 1.165) is 12.1 Å². The third-order valence-corrected chi connectivity index (χ3v) is 5.48. The Morgan fingerprint density at radius 1 is 1.31 bits per heavy atom. The summed E-state index contributed by atoms with van der Waals surface area (Å²) >= 11 is 6.05. The first-order valence-corrected chi connectivity index (χ1v) is 10.5. The van der Waals surface area contributed by atoms with Crippen LogP contribution in [-0.4, -0.2) is 30.0 Å². The first kappa shape index (κ1) is 23.8. The molecule has 10 heteroatoms. The maximum absolute atomic E-state index is 13.0. The van der Waals surface area contributed by atoms with Crippen LogP contribution >= 0.6 is 11.6 Å². The van der Waals surface area contributed by atoms with Crippen LogP contribution in [-0.2, 0) is 15.7 Å². The van der Waals surface area contributed by atoms with Crippen LogP contribution in [0, 0.1) is 5.92 Å². The minimum absolute atomic E-state index is 0.0136. The lowest BCUT2D eigenvalue weighted by Crippen LogP contribution is -2.34. The number of amides is 1. The van der Waals surface area contributed by atoms with E-state index in [0.29, 0.717) is 30.7 Å². The Kier molecular flexibility index (Phi) is 7.28. The van der Waals surface area contributed by atoms with E-state index in [1.54, 1.807) is 6.07 Å². The molecule has 172 valence electrons. The molecule has 0 bridgehead atoms. The van der Waals surface area contributed by atoms with Gasteiger partial charge in [-0.05, 0) is 48.1 Å². The maximum atomic E-state index is 13.0. The van der Waals surface area contributed by atoms with Gasteiger partial charge in [0.2, 0.25) is 0 Å². The normalized spacial score (nSPS) is 16.6. The number of anilines is 2. The molecule has 6 nitrogen and oxygen atoms in total. The van der Waals surface area contributed by atoms with Crippen molar-refractivity contribution in [3.05, 3.63) is 52.2 Å². The van der Waals surface area contributed by atoms with Gasteiger partial charge in [-0.2, -0.15) is 13.2 Å². The number of ether oxygens (including phenoxy) is 1. The molecular formula is C22H23ClF3N3O3. The fourth-order valence-electron chi connectivity index (χ4n) is 3.38. The summed E-state index contributed by atoms with van der Waals surface area (Å²) < 4.78 is 44.0. The van der Waals surface area contributed by atoms with E-state index in [2.05, 4.69) is 15.6 Å². The van der Waals surface area contributed by atoms with Crippen LogP contribution in [0.5, 0.6) is 0 Å². The van der Waals surface area contributed by atoms with Crippen molar-refractivity contribution in [2.24, 2.45) is 5.92 Å². The van der Waals surface area contributed by atoms with Gasteiger partial charge in [0.25, 0.3) is 5.91 Å². The summed E-state index contributed by atoms with van der Waals surface area (Å²) in [6, 6.07) is 4.60. The molecule has 32 heavy (non-hydrogen) atoms.